The summed E-state index contributed by atoms with van der Waals surface area (Å²) in [5, 5.41) is 0.378. The van der Waals surface area contributed by atoms with Gasteiger partial charge < -0.3 is 19.1 Å². The molecule has 0 N–H and O–H groups in total. The van der Waals surface area contributed by atoms with E-state index in [2.05, 4.69) is 4.90 Å². The largest absolute Gasteiger partial charge is 0.490 e. The zero-order chi connectivity index (χ0) is 19.2. The number of nitrogens with zero attached hydrogens (tertiary/aromatic N) is 1. The lowest BCUT2D eigenvalue weighted by Crippen LogP contribution is -2.40. The smallest absolute Gasteiger partial charge is 0.180 e. The highest BCUT2D eigenvalue weighted by atomic mass is 35.5. The molecular weight excluding hydrogens is 389 g/mol. The van der Waals surface area contributed by atoms with Gasteiger partial charge in [-0.25, -0.2) is 4.39 Å². The van der Waals surface area contributed by atoms with Crippen molar-refractivity contribution < 1.29 is 18.6 Å². The molecule has 0 saturated carbocycles. The molecule has 144 valence electrons. The minimum absolute atomic E-state index is 0.0553. The highest BCUT2D eigenvalue weighted by Crippen LogP contribution is 2.38. The second-order valence-electron chi connectivity index (χ2n) is 6.00. The Kier molecular flexibility index (Phi) is 6.88. The molecule has 1 fully saturated rings. The van der Waals surface area contributed by atoms with Gasteiger partial charge in [-0.05, 0) is 25.1 Å². The van der Waals surface area contributed by atoms with Crippen LogP contribution in [0.4, 0.5) is 4.39 Å². The first kappa shape index (κ1) is 19.9. The molecule has 2 aromatic carbocycles. The summed E-state index contributed by atoms with van der Waals surface area (Å²) in [5.41, 5.74) is 1.24. The second-order valence-corrected chi connectivity index (χ2v) is 6.80. The molecule has 3 rings (SSSR count). The van der Waals surface area contributed by atoms with E-state index < -0.39 is 0 Å². The van der Waals surface area contributed by atoms with Gasteiger partial charge in [0, 0.05) is 24.2 Å². The van der Waals surface area contributed by atoms with Crippen molar-refractivity contribution >= 4 is 28.8 Å². The molecule has 27 heavy (non-hydrogen) atoms. The number of hydrogen-bond acceptors (Lipinski definition) is 4. The molecular formula is C20H21ClFNO3S. The predicted octanol–water partition coefficient (Wildman–Crippen LogP) is 4.46. The zero-order valence-electron chi connectivity index (χ0n) is 15.0. The molecule has 0 aromatic heterocycles. The third kappa shape index (κ3) is 4.89. The summed E-state index contributed by atoms with van der Waals surface area (Å²) < 4.78 is 30.7. The van der Waals surface area contributed by atoms with E-state index >= 15 is 0 Å². The maximum atomic E-state index is 13.8. The Balaban J connectivity index is 1.83. The molecule has 1 saturated heterocycles. The van der Waals surface area contributed by atoms with Crippen LogP contribution in [0.2, 0.25) is 5.02 Å². The summed E-state index contributed by atoms with van der Waals surface area (Å²) >= 11 is 12.1. The van der Waals surface area contributed by atoms with Gasteiger partial charge in [0.25, 0.3) is 0 Å². The average molecular weight is 410 g/mol. The summed E-state index contributed by atoms with van der Waals surface area (Å²) in [4.78, 5) is 2.78. The Morgan fingerprint density at radius 2 is 1.96 bits per heavy atom. The van der Waals surface area contributed by atoms with Crippen LogP contribution >= 0.6 is 23.8 Å². The van der Waals surface area contributed by atoms with Gasteiger partial charge in [0.05, 0.1) is 24.8 Å². The van der Waals surface area contributed by atoms with Crippen molar-refractivity contribution in [2.24, 2.45) is 0 Å². The van der Waals surface area contributed by atoms with Crippen molar-refractivity contribution in [3.05, 3.63) is 58.4 Å². The van der Waals surface area contributed by atoms with E-state index in [1.807, 2.05) is 13.0 Å². The standard InChI is InChI=1S/C20H21ClFNO3S/c1-2-25-18-12-15(20(27)23-7-9-24-10-8-23)11-16(21)19(18)26-13-14-5-3-4-6-17(14)22/h3-6,11-12H,2,7-10,13H2,1H3. The van der Waals surface area contributed by atoms with Gasteiger partial charge in [-0.15, -0.1) is 0 Å². The van der Waals surface area contributed by atoms with E-state index in [0.717, 1.165) is 18.7 Å². The van der Waals surface area contributed by atoms with E-state index in [4.69, 9.17) is 38.0 Å². The lowest BCUT2D eigenvalue weighted by molar-refractivity contribution is 0.0693. The summed E-state index contributed by atoms with van der Waals surface area (Å²) in [6.45, 7) is 5.16. The normalized spacial score (nSPS) is 14.1. The van der Waals surface area contributed by atoms with Crippen LogP contribution in [-0.2, 0) is 11.3 Å². The minimum Gasteiger partial charge on any atom is -0.490 e. The third-order valence-electron chi connectivity index (χ3n) is 4.18. The number of rotatable bonds is 6. The Hall–Kier alpha value is -1.89. The topological polar surface area (TPSA) is 30.9 Å². The lowest BCUT2D eigenvalue weighted by Gasteiger charge is -2.29. The van der Waals surface area contributed by atoms with Gasteiger partial charge in [0.1, 0.15) is 17.4 Å². The van der Waals surface area contributed by atoms with Crippen molar-refractivity contribution in [1.82, 2.24) is 4.90 Å². The van der Waals surface area contributed by atoms with Crippen LogP contribution in [0.1, 0.15) is 18.1 Å². The molecule has 0 spiro atoms. The maximum Gasteiger partial charge on any atom is 0.180 e. The van der Waals surface area contributed by atoms with E-state index in [-0.39, 0.29) is 12.4 Å². The number of benzene rings is 2. The van der Waals surface area contributed by atoms with Crippen molar-refractivity contribution in [2.45, 2.75) is 13.5 Å². The number of morpholine rings is 1. The average Bonchev–Trinajstić information content (AvgIpc) is 2.68. The van der Waals surface area contributed by atoms with Crippen LogP contribution in [0.15, 0.2) is 36.4 Å². The molecule has 0 unspecified atom stereocenters. The SMILES string of the molecule is CCOc1cc(C(=S)N2CCOCC2)cc(Cl)c1OCc1ccccc1F. The molecule has 0 amide bonds. The van der Waals surface area contributed by atoms with Crippen molar-refractivity contribution in [3.63, 3.8) is 0 Å². The van der Waals surface area contributed by atoms with Crippen molar-refractivity contribution in [2.75, 3.05) is 32.9 Å². The highest BCUT2D eigenvalue weighted by Gasteiger charge is 2.20. The lowest BCUT2D eigenvalue weighted by atomic mass is 10.1. The van der Waals surface area contributed by atoms with Crippen LogP contribution in [-0.4, -0.2) is 42.8 Å². The molecule has 0 bridgehead atoms. The quantitative estimate of drug-likeness (QED) is 0.657. The number of halogens is 2. The van der Waals surface area contributed by atoms with Gasteiger partial charge in [-0.3, -0.25) is 0 Å². The second kappa shape index (κ2) is 9.35. The van der Waals surface area contributed by atoms with Crippen molar-refractivity contribution in [3.8, 4) is 11.5 Å². The van der Waals surface area contributed by atoms with Crippen LogP contribution in [0.25, 0.3) is 0 Å². The molecule has 1 heterocycles. The third-order valence-corrected chi connectivity index (χ3v) is 4.96. The van der Waals surface area contributed by atoms with Crippen molar-refractivity contribution in [1.29, 1.82) is 0 Å². The molecule has 0 aliphatic carbocycles. The molecule has 1 aliphatic heterocycles. The molecule has 1 aliphatic rings. The Bertz CT molecular complexity index is 812. The van der Waals surface area contributed by atoms with Crippen LogP contribution in [0, 0.1) is 5.82 Å². The highest BCUT2D eigenvalue weighted by molar-refractivity contribution is 7.80. The van der Waals surface area contributed by atoms with Gasteiger partial charge in [0.2, 0.25) is 0 Å². The number of thiocarbonyl (C=S) groups is 1. The van der Waals surface area contributed by atoms with Gasteiger partial charge in [0.15, 0.2) is 11.5 Å². The summed E-state index contributed by atoms with van der Waals surface area (Å²) in [7, 11) is 0. The van der Waals surface area contributed by atoms with E-state index in [9.17, 15) is 4.39 Å². The maximum absolute atomic E-state index is 13.8. The fraction of sp³-hybridized carbons (Fsp3) is 0.350. The van der Waals surface area contributed by atoms with E-state index in [0.29, 0.717) is 46.9 Å². The minimum atomic E-state index is -0.323. The summed E-state index contributed by atoms with van der Waals surface area (Å²) in [6, 6.07) is 10.1. The number of ether oxygens (including phenoxy) is 3. The fourth-order valence-corrected chi connectivity index (χ4v) is 3.37. The Labute approximate surface area is 168 Å². The summed E-state index contributed by atoms with van der Waals surface area (Å²) in [6.07, 6.45) is 0. The molecule has 0 atom stereocenters. The first-order chi connectivity index (χ1) is 13.1. The van der Waals surface area contributed by atoms with Crippen LogP contribution in [0.3, 0.4) is 0 Å². The van der Waals surface area contributed by atoms with Gasteiger partial charge >= 0.3 is 0 Å². The number of hydrogen-bond donors (Lipinski definition) is 0. The van der Waals surface area contributed by atoms with Crippen LogP contribution < -0.4 is 9.47 Å². The van der Waals surface area contributed by atoms with Crippen LogP contribution in [0.5, 0.6) is 11.5 Å². The molecule has 2 aromatic rings. The predicted molar refractivity (Wildman–Crippen MR) is 107 cm³/mol. The monoisotopic (exact) mass is 409 g/mol. The van der Waals surface area contributed by atoms with Gasteiger partial charge in [-0.1, -0.05) is 42.0 Å². The zero-order valence-corrected chi connectivity index (χ0v) is 16.6. The first-order valence-corrected chi connectivity index (χ1v) is 9.58. The Morgan fingerprint density at radius 3 is 2.67 bits per heavy atom. The molecule has 0 radical (unpaired) electrons. The van der Waals surface area contributed by atoms with E-state index in [1.54, 1.807) is 24.3 Å². The summed E-state index contributed by atoms with van der Waals surface area (Å²) in [5.74, 6) is 0.555. The molecule has 4 nitrogen and oxygen atoms in total. The fourth-order valence-electron chi connectivity index (χ4n) is 2.81. The van der Waals surface area contributed by atoms with Gasteiger partial charge in [-0.2, -0.15) is 0 Å². The molecule has 7 heteroatoms. The Morgan fingerprint density at radius 1 is 1.22 bits per heavy atom. The first-order valence-electron chi connectivity index (χ1n) is 8.79. The van der Waals surface area contributed by atoms with E-state index in [1.165, 1.54) is 6.07 Å².